The van der Waals surface area contributed by atoms with Crippen molar-refractivity contribution in [1.29, 1.82) is 0 Å². The van der Waals surface area contributed by atoms with Gasteiger partial charge in [0.25, 0.3) is 5.56 Å². The van der Waals surface area contributed by atoms with Crippen molar-refractivity contribution in [2.24, 2.45) is 0 Å². The van der Waals surface area contributed by atoms with Crippen LogP contribution in [0.5, 0.6) is 0 Å². The molecule has 0 bridgehead atoms. The lowest BCUT2D eigenvalue weighted by Gasteiger charge is -2.15. The number of hydrogen-bond acceptors (Lipinski definition) is 6. The van der Waals surface area contributed by atoms with Crippen molar-refractivity contribution in [2.45, 2.75) is 32.7 Å². The largest absolute Gasteiger partial charge is 0.465 e. The van der Waals surface area contributed by atoms with Gasteiger partial charge < -0.3 is 14.7 Å². The Kier molecular flexibility index (Phi) is 5.82. The average Bonchev–Trinajstić information content (AvgIpc) is 3.68. The van der Waals surface area contributed by atoms with Crippen LogP contribution in [-0.2, 0) is 6.42 Å². The van der Waals surface area contributed by atoms with Crippen LogP contribution < -0.4 is 10.5 Å². The number of benzene rings is 2. The quantitative estimate of drug-likeness (QED) is 0.354. The van der Waals surface area contributed by atoms with Crippen molar-refractivity contribution in [3.63, 3.8) is 0 Å². The normalized spacial score (nSPS) is 14.4. The van der Waals surface area contributed by atoms with Crippen molar-refractivity contribution in [1.82, 2.24) is 34.7 Å². The van der Waals surface area contributed by atoms with Crippen molar-refractivity contribution >= 4 is 11.8 Å². The number of hydrogen-bond donors (Lipinski definition) is 2. The summed E-state index contributed by atoms with van der Waals surface area (Å²) >= 11 is 0. The number of fused-ring (bicyclic) bond motifs is 1. The molecule has 0 fully saturated rings. The van der Waals surface area contributed by atoms with E-state index in [4.69, 9.17) is 4.98 Å². The summed E-state index contributed by atoms with van der Waals surface area (Å²) in [5.41, 5.74) is 7.57. The van der Waals surface area contributed by atoms with Crippen LogP contribution in [0, 0.1) is 13.8 Å². The van der Waals surface area contributed by atoms with Crippen molar-refractivity contribution in [3.05, 3.63) is 94.1 Å². The second-order valence-electron chi connectivity index (χ2n) is 9.74. The summed E-state index contributed by atoms with van der Waals surface area (Å²) in [4.78, 5) is 34.1. The highest BCUT2D eigenvalue weighted by Crippen LogP contribution is 2.34. The zero-order valence-electron chi connectivity index (χ0n) is 21.7. The number of tetrazole rings is 1. The Balaban J connectivity index is 1.35. The van der Waals surface area contributed by atoms with Gasteiger partial charge in [-0.25, -0.2) is 9.78 Å². The summed E-state index contributed by atoms with van der Waals surface area (Å²) in [6.07, 6.45) is 2.01. The first-order valence-corrected chi connectivity index (χ1v) is 12.5. The minimum Gasteiger partial charge on any atom is -0.465 e. The number of aromatic amines is 1. The number of H-pyrrole nitrogens is 1. The van der Waals surface area contributed by atoms with E-state index in [1.54, 1.807) is 29.2 Å². The first-order valence-electron chi connectivity index (χ1n) is 12.5. The number of imidazole rings is 1. The monoisotopic (exact) mass is 522 g/mol. The summed E-state index contributed by atoms with van der Waals surface area (Å²) in [5.74, 6) is 0.729. The molecule has 3 aromatic heterocycles. The van der Waals surface area contributed by atoms with Crippen molar-refractivity contribution in [3.8, 4) is 28.1 Å². The second kappa shape index (κ2) is 9.35. The van der Waals surface area contributed by atoms with Gasteiger partial charge in [0.05, 0.1) is 23.1 Å². The average molecular weight is 523 g/mol. The Bertz CT molecular complexity index is 1750. The van der Waals surface area contributed by atoms with Crippen LogP contribution in [0.2, 0.25) is 0 Å². The van der Waals surface area contributed by atoms with Gasteiger partial charge in [-0.3, -0.25) is 9.69 Å². The minimum absolute atomic E-state index is 0.0918. The molecular formula is C28H26N8O3. The summed E-state index contributed by atoms with van der Waals surface area (Å²) < 4.78 is 3.42. The van der Waals surface area contributed by atoms with Gasteiger partial charge in [-0.1, -0.05) is 23.8 Å². The van der Waals surface area contributed by atoms with E-state index in [0.717, 1.165) is 68.6 Å². The number of carbonyl (C=O) groups is 1. The molecule has 39 heavy (non-hydrogen) atoms. The van der Waals surface area contributed by atoms with Gasteiger partial charge in [0.1, 0.15) is 12.2 Å². The first-order chi connectivity index (χ1) is 18.8. The molecule has 0 aliphatic carbocycles. The third kappa shape index (κ3) is 4.27. The van der Waals surface area contributed by atoms with E-state index in [-0.39, 0.29) is 11.6 Å². The number of pyridine rings is 1. The van der Waals surface area contributed by atoms with E-state index in [9.17, 15) is 14.7 Å². The molecule has 5 aromatic rings. The maximum atomic E-state index is 13.5. The van der Waals surface area contributed by atoms with Crippen LogP contribution in [0.1, 0.15) is 35.2 Å². The van der Waals surface area contributed by atoms with E-state index in [1.165, 1.54) is 7.05 Å². The van der Waals surface area contributed by atoms with Gasteiger partial charge in [-0.15, -0.1) is 5.10 Å². The predicted molar refractivity (Wildman–Crippen MR) is 145 cm³/mol. The molecule has 11 heteroatoms. The summed E-state index contributed by atoms with van der Waals surface area (Å²) in [7, 11) is 1.50. The number of aromatic nitrogens is 7. The molecular weight excluding hydrogens is 496 g/mol. The third-order valence-electron chi connectivity index (χ3n) is 7.24. The molecule has 0 saturated carbocycles. The van der Waals surface area contributed by atoms with Gasteiger partial charge in [-0.05, 0) is 78.6 Å². The molecule has 0 spiro atoms. The second-order valence-corrected chi connectivity index (χ2v) is 9.74. The molecule has 2 N–H and O–H groups in total. The molecule has 0 saturated heterocycles. The van der Waals surface area contributed by atoms with Crippen LogP contribution in [0.4, 0.5) is 10.5 Å². The van der Waals surface area contributed by atoms with E-state index >= 15 is 0 Å². The zero-order valence-corrected chi connectivity index (χ0v) is 21.7. The number of rotatable bonds is 5. The molecule has 1 atom stereocenters. The molecule has 2 aromatic carbocycles. The number of aryl methyl sites for hydroxylation is 3. The summed E-state index contributed by atoms with van der Waals surface area (Å²) in [6.45, 7) is 3.94. The van der Waals surface area contributed by atoms with Crippen LogP contribution in [0.15, 0.2) is 65.7 Å². The lowest BCUT2D eigenvalue weighted by molar-refractivity contribution is 0.203. The molecule has 6 rings (SSSR count). The molecule has 1 amide bonds. The molecule has 196 valence electrons. The smallest absolute Gasteiger partial charge is 0.411 e. The van der Waals surface area contributed by atoms with Crippen molar-refractivity contribution in [2.75, 3.05) is 11.9 Å². The standard InChI is InChI=1S/C28H26N8O3/c1-16-4-10-23(35-15-29-32-33-35)22(12-16)19-13-21-9-11-24(36(21)25(37)14-19)27-30-17(2)26(31-27)18-5-7-20(8-6-18)34(3)28(38)39/h4-8,10,12-15,24H,9,11H2,1-3H3,(H,30,31)(H,38,39)/t24-/m0/s1. The SMILES string of the molecule is Cc1ccc(-n2cnnn2)c(-c2cc3n(c(=O)c2)[C@H](c2nc(C)c(-c4ccc(N(C)C(=O)O)cc4)[nH]2)CC3)c1. The Morgan fingerprint density at radius 2 is 1.87 bits per heavy atom. The lowest BCUT2D eigenvalue weighted by Crippen LogP contribution is -2.24. The highest BCUT2D eigenvalue weighted by molar-refractivity contribution is 5.85. The predicted octanol–water partition coefficient (Wildman–Crippen LogP) is 4.15. The topological polar surface area (TPSA) is 135 Å². The number of anilines is 1. The lowest BCUT2D eigenvalue weighted by atomic mass is 10.0. The van der Waals surface area contributed by atoms with E-state index in [2.05, 4.69) is 26.6 Å². The maximum Gasteiger partial charge on any atom is 0.411 e. The fourth-order valence-electron chi connectivity index (χ4n) is 5.25. The Hall–Kier alpha value is -5.06. The van der Waals surface area contributed by atoms with Crippen LogP contribution in [0.3, 0.4) is 0 Å². The maximum absolute atomic E-state index is 13.5. The highest BCUT2D eigenvalue weighted by atomic mass is 16.4. The Labute approximate surface area is 223 Å². The minimum atomic E-state index is -1.02. The molecule has 11 nitrogen and oxygen atoms in total. The molecule has 1 aliphatic rings. The number of nitrogens with one attached hydrogen (secondary N) is 1. The van der Waals surface area contributed by atoms with E-state index in [0.29, 0.717) is 5.69 Å². The van der Waals surface area contributed by atoms with E-state index in [1.807, 2.05) is 48.7 Å². The van der Waals surface area contributed by atoms with Gasteiger partial charge in [0.2, 0.25) is 0 Å². The van der Waals surface area contributed by atoms with Gasteiger partial charge >= 0.3 is 6.09 Å². The molecule has 0 radical (unpaired) electrons. The fraction of sp³-hybridized carbons (Fsp3) is 0.214. The number of amides is 1. The summed E-state index contributed by atoms with van der Waals surface area (Å²) in [5, 5.41) is 20.8. The molecule has 0 unspecified atom stereocenters. The van der Waals surface area contributed by atoms with Gasteiger partial charge in [0, 0.05) is 30.1 Å². The zero-order chi connectivity index (χ0) is 27.3. The Morgan fingerprint density at radius 1 is 1.08 bits per heavy atom. The van der Waals surface area contributed by atoms with Crippen LogP contribution in [0.25, 0.3) is 28.1 Å². The summed E-state index contributed by atoms with van der Waals surface area (Å²) in [6, 6.07) is 16.8. The molecule has 1 aliphatic heterocycles. The highest BCUT2D eigenvalue weighted by Gasteiger charge is 2.29. The Morgan fingerprint density at radius 3 is 2.59 bits per heavy atom. The van der Waals surface area contributed by atoms with Crippen LogP contribution in [-0.4, -0.2) is 53.0 Å². The van der Waals surface area contributed by atoms with Gasteiger partial charge in [-0.2, -0.15) is 4.68 Å². The number of nitrogens with zero attached hydrogens (tertiary/aromatic N) is 7. The van der Waals surface area contributed by atoms with Gasteiger partial charge in [0.15, 0.2) is 0 Å². The number of carboxylic acid groups (broad SMARTS) is 1. The fourth-order valence-corrected chi connectivity index (χ4v) is 5.25. The first kappa shape index (κ1) is 24.3. The third-order valence-corrected chi connectivity index (χ3v) is 7.24. The van der Waals surface area contributed by atoms with E-state index < -0.39 is 6.09 Å². The van der Waals surface area contributed by atoms with Crippen LogP contribution >= 0.6 is 0 Å². The van der Waals surface area contributed by atoms with Crippen molar-refractivity contribution < 1.29 is 9.90 Å². The molecule has 4 heterocycles.